The van der Waals surface area contributed by atoms with E-state index in [0.717, 1.165) is 12.8 Å². The van der Waals surface area contributed by atoms with Crippen molar-refractivity contribution in [1.82, 2.24) is 10.6 Å². The monoisotopic (exact) mass is 257 g/mol. The minimum atomic E-state index is -0.795. The molecule has 18 heavy (non-hydrogen) atoms. The Kier molecular flexibility index (Phi) is 6.49. The SMILES string of the molecule is CC(NCCOC(N)=O)C(=O)NC1CCCCC1. The van der Waals surface area contributed by atoms with Crippen molar-refractivity contribution in [2.45, 2.75) is 51.1 Å². The van der Waals surface area contributed by atoms with Crippen LogP contribution in [0.4, 0.5) is 4.79 Å². The molecule has 1 aliphatic carbocycles. The molecule has 0 aromatic heterocycles. The fourth-order valence-electron chi connectivity index (χ4n) is 2.09. The van der Waals surface area contributed by atoms with Crippen molar-refractivity contribution in [2.75, 3.05) is 13.2 Å². The lowest BCUT2D eigenvalue weighted by atomic mass is 9.95. The summed E-state index contributed by atoms with van der Waals surface area (Å²) in [5.74, 6) is 0.000903. The predicted molar refractivity (Wildman–Crippen MR) is 68.0 cm³/mol. The predicted octanol–water partition coefficient (Wildman–Crippen LogP) is 0.509. The molecule has 1 aliphatic rings. The standard InChI is InChI=1S/C12H23N3O3/c1-9(14-7-8-18-12(13)17)11(16)15-10-5-3-2-4-6-10/h9-10,14H,2-8H2,1H3,(H2,13,17)(H,15,16). The van der Waals surface area contributed by atoms with Gasteiger partial charge in [0.05, 0.1) is 6.04 Å². The van der Waals surface area contributed by atoms with Crippen molar-refractivity contribution in [1.29, 1.82) is 0 Å². The van der Waals surface area contributed by atoms with Gasteiger partial charge in [-0.25, -0.2) is 4.79 Å². The Morgan fingerprint density at radius 1 is 1.33 bits per heavy atom. The first-order valence-electron chi connectivity index (χ1n) is 6.55. The van der Waals surface area contributed by atoms with E-state index in [2.05, 4.69) is 15.4 Å². The molecule has 0 bridgehead atoms. The van der Waals surface area contributed by atoms with Gasteiger partial charge in [0.1, 0.15) is 6.61 Å². The summed E-state index contributed by atoms with van der Waals surface area (Å²) >= 11 is 0. The number of carbonyl (C=O) groups is 2. The molecule has 4 N–H and O–H groups in total. The zero-order valence-electron chi connectivity index (χ0n) is 10.9. The molecule has 0 radical (unpaired) electrons. The highest BCUT2D eigenvalue weighted by Gasteiger charge is 2.18. The van der Waals surface area contributed by atoms with Crippen LogP contribution in [0.1, 0.15) is 39.0 Å². The van der Waals surface area contributed by atoms with Crippen LogP contribution in [-0.4, -0.2) is 37.2 Å². The van der Waals surface area contributed by atoms with Gasteiger partial charge in [0.25, 0.3) is 0 Å². The summed E-state index contributed by atoms with van der Waals surface area (Å²) in [6, 6.07) is 0.0285. The van der Waals surface area contributed by atoms with E-state index in [1.807, 2.05) is 0 Å². The molecule has 1 fully saturated rings. The van der Waals surface area contributed by atoms with E-state index in [0.29, 0.717) is 12.6 Å². The van der Waals surface area contributed by atoms with Gasteiger partial charge < -0.3 is 21.1 Å². The van der Waals surface area contributed by atoms with Gasteiger partial charge in [-0.3, -0.25) is 4.79 Å². The highest BCUT2D eigenvalue weighted by molar-refractivity contribution is 5.81. The lowest BCUT2D eigenvalue weighted by Crippen LogP contribution is -2.47. The maximum Gasteiger partial charge on any atom is 0.404 e. The van der Waals surface area contributed by atoms with Crippen molar-refractivity contribution in [3.05, 3.63) is 0 Å². The smallest absolute Gasteiger partial charge is 0.404 e. The Morgan fingerprint density at radius 3 is 2.61 bits per heavy atom. The number of ether oxygens (including phenoxy) is 1. The topological polar surface area (TPSA) is 93.4 Å². The van der Waals surface area contributed by atoms with Crippen LogP contribution in [0, 0.1) is 0 Å². The Balaban J connectivity index is 2.13. The average molecular weight is 257 g/mol. The molecular weight excluding hydrogens is 234 g/mol. The zero-order valence-corrected chi connectivity index (χ0v) is 10.9. The first kappa shape index (κ1) is 14.8. The van der Waals surface area contributed by atoms with Crippen LogP contribution < -0.4 is 16.4 Å². The van der Waals surface area contributed by atoms with Gasteiger partial charge in [-0.2, -0.15) is 0 Å². The van der Waals surface area contributed by atoms with E-state index in [1.54, 1.807) is 6.92 Å². The van der Waals surface area contributed by atoms with E-state index in [9.17, 15) is 9.59 Å². The molecule has 6 nitrogen and oxygen atoms in total. The summed E-state index contributed by atoms with van der Waals surface area (Å²) in [4.78, 5) is 22.2. The molecule has 0 aromatic rings. The average Bonchev–Trinajstić information content (AvgIpc) is 2.35. The second-order valence-corrected chi connectivity index (χ2v) is 4.69. The number of carbonyl (C=O) groups excluding carboxylic acids is 2. The number of nitrogens with two attached hydrogens (primary N) is 1. The maximum atomic E-state index is 11.8. The highest BCUT2D eigenvalue weighted by Crippen LogP contribution is 2.17. The molecule has 0 spiro atoms. The lowest BCUT2D eigenvalue weighted by molar-refractivity contribution is -0.123. The molecule has 6 heteroatoms. The first-order chi connectivity index (χ1) is 8.59. The van der Waals surface area contributed by atoms with Crippen LogP contribution in [0.15, 0.2) is 0 Å². The normalized spacial score (nSPS) is 18.1. The molecular formula is C12H23N3O3. The second kappa shape index (κ2) is 7.92. The van der Waals surface area contributed by atoms with Gasteiger partial charge in [-0.15, -0.1) is 0 Å². The Morgan fingerprint density at radius 2 is 2.00 bits per heavy atom. The van der Waals surface area contributed by atoms with E-state index in [1.165, 1.54) is 19.3 Å². The minimum absolute atomic E-state index is 0.000903. The van der Waals surface area contributed by atoms with Crippen LogP contribution in [0.5, 0.6) is 0 Å². The minimum Gasteiger partial charge on any atom is -0.448 e. The molecule has 0 saturated heterocycles. The molecule has 0 heterocycles. The second-order valence-electron chi connectivity index (χ2n) is 4.69. The molecule has 0 aromatic carbocycles. The molecule has 1 rings (SSSR count). The summed E-state index contributed by atoms with van der Waals surface area (Å²) in [7, 11) is 0. The summed E-state index contributed by atoms with van der Waals surface area (Å²) in [5.41, 5.74) is 4.82. The largest absolute Gasteiger partial charge is 0.448 e. The quantitative estimate of drug-likeness (QED) is 0.604. The van der Waals surface area contributed by atoms with Gasteiger partial charge in [0.15, 0.2) is 0 Å². The molecule has 1 atom stereocenters. The number of hydrogen-bond donors (Lipinski definition) is 3. The van der Waals surface area contributed by atoms with Gasteiger partial charge in [0.2, 0.25) is 5.91 Å². The third-order valence-electron chi connectivity index (χ3n) is 3.14. The molecule has 1 saturated carbocycles. The summed E-state index contributed by atoms with van der Waals surface area (Å²) in [5, 5.41) is 6.02. The van der Waals surface area contributed by atoms with Crippen LogP contribution in [-0.2, 0) is 9.53 Å². The summed E-state index contributed by atoms with van der Waals surface area (Å²) in [6.07, 6.45) is 5.01. The van der Waals surface area contributed by atoms with Crippen molar-refractivity contribution >= 4 is 12.0 Å². The number of amides is 2. The van der Waals surface area contributed by atoms with Gasteiger partial charge in [0, 0.05) is 12.6 Å². The third-order valence-corrected chi connectivity index (χ3v) is 3.14. The van der Waals surface area contributed by atoms with Gasteiger partial charge >= 0.3 is 6.09 Å². The number of primary amides is 1. The Bertz CT molecular complexity index is 278. The van der Waals surface area contributed by atoms with E-state index in [4.69, 9.17) is 5.73 Å². The summed E-state index contributed by atoms with van der Waals surface area (Å²) < 4.78 is 4.57. The fraction of sp³-hybridized carbons (Fsp3) is 0.833. The van der Waals surface area contributed by atoms with E-state index >= 15 is 0 Å². The van der Waals surface area contributed by atoms with Crippen LogP contribution in [0.3, 0.4) is 0 Å². The highest BCUT2D eigenvalue weighted by atomic mass is 16.5. The van der Waals surface area contributed by atoms with Crippen LogP contribution in [0.2, 0.25) is 0 Å². The number of rotatable bonds is 6. The lowest BCUT2D eigenvalue weighted by Gasteiger charge is -2.24. The molecule has 2 amide bonds. The van der Waals surface area contributed by atoms with Crippen molar-refractivity contribution in [3.8, 4) is 0 Å². The summed E-state index contributed by atoms with van der Waals surface area (Å²) in [6.45, 7) is 2.39. The van der Waals surface area contributed by atoms with Crippen LogP contribution >= 0.6 is 0 Å². The maximum absolute atomic E-state index is 11.8. The van der Waals surface area contributed by atoms with Crippen molar-refractivity contribution in [2.24, 2.45) is 5.73 Å². The van der Waals surface area contributed by atoms with Crippen molar-refractivity contribution < 1.29 is 14.3 Å². The van der Waals surface area contributed by atoms with E-state index in [-0.39, 0.29) is 18.6 Å². The molecule has 0 aliphatic heterocycles. The number of nitrogens with one attached hydrogen (secondary N) is 2. The van der Waals surface area contributed by atoms with Crippen LogP contribution in [0.25, 0.3) is 0 Å². The Hall–Kier alpha value is -1.30. The number of hydrogen-bond acceptors (Lipinski definition) is 4. The van der Waals surface area contributed by atoms with Gasteiger partial charge in [-0.05, 0) is 19.8 Å². The molecule has 104 valence electrons. The zero-order chi connectivity index (χ0) is 13.4. The van der Waals surface area contributed by atoms with Crippen molar-refractivity contribution in [3.63, 3.8) is 0 Å². The third kappa shape index (κ3) is 5.86. The van der Waals surface area contributed by atoms with Gasteiger partial charge in [-0.1, -0.05) is 19.3 Å². The Labute approximate surface area is 108 Å². The van der Waals surface area contributed by atoms with E-state index < -0.39 is 6.09 Å². The first-order valence-corrected chi connectivity index (χ1v) is 6.55. The fourth-order valence-corrected chi connectivity index (χ4v) is 2.09. The molecule has 1 unspecified atom stereocenters.